The van der Waals surface area contributed by atoms with Crippen molar-refractivity contribution in [2.24, 2.45) is 0 Å². The van der Waals surface area contributed by atoms with Crippen molar-refractivity contribution in [3.63, 3.8) is 0 Å². The van der Waals surface area contributed by atoms with E-state index in [4.69, 9.17) is 23.2 Å². The van der Waals surface area contributed by atoms with E-state index in [0.717, 1.165) is 21.5 Å². The SMILES string of the molecule is CC(c1ccc(Br)cc1)n1c(CCl)nc2cc(Cl)cnc21. The molecule has 0 fully saturated rings. The summed E-state index contributed by atoms with van der Waals surface area (Å²) in [6.45, 7) is 2.11. The fourth-order valence-electron chi connectivity index (χ4n) is 2.40. The zero-order valence-electron chi connectivity index (χ0n) is 11.2. The van der Waals surface area contributed by atoms with Crippen LogP contribution in [0.5, 0.6) is 0 Å². The average molecular weight is 385 g/mol. The number of alkyl halides is 1. The average Bonchev–Trinajstić information content (AvgIpc) is 2.84. The number of fused-ring (bicyclic) bond motifs is 1. The molecule has 0 aliphatic rings. The number of hydrogen-bond donors (Lipinski definition) is 0. The molecular formula is C15H12BrCl2N3. The van der Waals surface area contributed by atoms with Gasteiger partial charge in [-0.2, -0.15) is 0 Å². The molecule has 2 heterocycles. The number of imidazole rings is 1. The number of benzene rings is 1. The van der Waals surface area contributed by atoms with E-state index in [-0.39, 0.29) is 6.04 Å². The smallest absolute Gasteiger partial charge is 0.160 e. The van der Waals surface area contributed by atoms with E-state index >= 15 is 0 Å². The normalized spacial score (nSPS) is 12.8. The predicted molar refractivity (Wildman–Crippen MR) is 90.1 cm³/mol. The number of halogens is 3. The van der Waals surface area contributed by atoms with Gasteiger partial charge in [0.15, 0.2) is 5.65 Å². The molecule has 0 aliphatic heterocycles. The Balaban J connectivity index is 2.16. The number of hydrogen-bond acceptors (Lipinski definition) is 2. The third kappa shape index (κ3) is 2.80. The summed E-state index contributed by atoms with van der Waals surface area (Å²) in [4.78, 5) is 8.94. The molecule has 0 amide bonds. The molecule has 0 N–H and O–H groups in total. The molecule has 0 spiro atoms. The van der Waals surface area contributed by atoms with Gasteiger partial charge in [0.05, 0.1) is 16.9 Å². The summed E-state index contributed by atoms with van der Waals surface area (Å²) in [5, 5.41) is 0.574. The summed E-state index contributed by atoms with van der Waals surface area (Å²) in [5.74, 6) is 1.12. The molecule has 0 saturated carbocycles. The van der Waals surface area contributed by atoms with Crippen molar-refractivity contribution in [1.82, 2.24) is 14.5 Å². The van der Waals surface area contributed by atoms with Crippen LogP contribution in [0.25, 0.3) is 11.2 Å². The fraction of sp³-hybridized carbons (Fsp3) is 0.200. The fourth-order valence-corrected chi connectivity index (χ4v) is 3.00. The summed E-state index contributed by atoms with van der Waals surface area (Å²) in [7, 11) is 0. The van der Waals surface area contributed by atoms with Crippen molar-refractivity contribution >= 4 is 50.3 Å². The molecule has 0 radical (unpaired) electrons. The Kier molecular flexibility index (Phi) is 4.20. The summed E-state index contributed by atoms with van der Waals surface area (Å²) < 4.78 is 3.11. The van der Waals surface area contributed by atoms with Gasteiger partial charge in [-0.05, 0) is 30.7 Å². The van der Waals surface area contributed by atoms with Gasteiger partial charge in [-0.3, -0.25) is 0 Å². The van der Waals surface area contributed by atoms with Crippen LogP contribution in [-0.4, -0.2) is 14.5 Å². The second-order valence-corrected chi connectivity index (χ2v) is 6.37. The van der Waals surface area contributed by atoms with Gasteiger partial charge in [0.1, 0.15) is 11.3 Å². The van der Waals surface area contributed by atoms with Gasteiger partial charge in [0.2, 0.25) is 0 Å². The van der Waals surface area contributed by atoms with E-state index in [1.54, 1.807) is 6.20 Å². The Morgan fingerprint density at radius 1 is 1.29 bits per heavy atom. The van der Waals surface area contributed by atoms with E-state index < -0.39 is 0 Å². The maximum Gasteiger partial charge on any atom is 0.160 e. The van der Waals surface area contributed by atoms with Gasteiger partial charge < -0.3 is 4.57 Å². The van der Waals surface area contributed by atoms with Gasteiger partial charge in [-0.25, -0.2) is 9.97 Å². The standard InChI is InChI=1S/C15H12BrCl2N3/c1-9(10-2-4-11(16)5-3-10)21-14(7-17)20-13-6-12(18)8-19-15(13)21/h2-6,8-9H,7H2,1H3. The lowest BCUT2D eigenvalue weighted by Crippen LogP contribution is -2.10. The molecule has 0 bridgehead atoms. The second-order valence-electron chi connectivity index (χ2n) is 4.76. The molecule has 21 heavy (non-hydrogen) atoms. The molecule has 0 aliphatic carbocycles. The summed E-state index contributed by atoms with van der Waals surface area (Å²) >= 11 is 15.5. The van der Waals surface area contributed by atoms with Crippen LogP contribution in [0, 0.1) is 0 Å². The molecule has 1 aromatic carbocycles. The molecule has 2 aromatic heterocycles. The van der Waals surface area contributed by atoms with Crippen LogP contribution >= 0.6 is 39.1 Å². The van der Waals surface area contributed by atoms with Crippen molar-refractivity contribution in [3.8, 4) is 0 Å². The minimum absolute atomic E-state index is 0.0884. The first-order valence-electron chi connectivity index (χ1n) is 6.44. The van der Waals surface area contributed by atoms with E-state index in [2.05, 4.69) is 49.5 Å². The highest BCUT2D eigenvalue weighted by Gasteiger charge is 2.18. The molecule has 3 nitrogen and oxygen atoms in total. The summed E-state index contributed by atoms with van der Waals surface area (Å²) in [6, 6.07) is 10.1. The zero-order chi connectivity index (χ0) is 15.0. The Labute approximate surface area is 141 Å². The lowest BCUT2D eigenvalue weighted by molar-refractivity contribution is 0.629. The van der Waals surface area contributed by atoms with Crippen LogP contribution in [0.15, 0.2) is 41.0 Å². The molecule has 0 saturated heterocycles. The third-order valence-electron chi connectivity index (χ3n) is 3.43. The van der Waals surface area contributed by atoms with Crippen LogP contribution < -0.4 is 0 Å². The monoisotopic (exact) mass is 383 g/mol. The van der Waals surface area contributed by atoms with E-state index in [9.17, 15) is 0 Å². The van der Waals surface area contributed by atoms with E-state index in [1.165, 1.54) is 5.56 Å². The van der Waals surface area contributed by atoms with Crippen LogP contribution in [0.1, 0.15) is 24.4 Å². The molecule has 108 valence electrons. The van der Waals surface area contributed by atoms with Crippen LogP contribution in [0.4, 0.5) is 0 Å². The number of rotatable bonds is 3. The van der Waals surface area contributed by atoms with Gasteiger partial charge >= 0.3 is 0 Å². The highest BCUT2D eigenvalue weighted by Crippen LogP contribution is 2.27. The number of pyridine rings is 1. The molecule has 1 atom stereocenters. The minimum Gasteiger partial charge on any atom is -0.304 e. The van der Waals surface area contributed by atoms with E-state index in [1.807, 2.05) is 18.2 Å². The van der Waals surface area contributed by atoms with E-state index in [0.29, 0.717) is 10.9 Å². The lowest BCUT2D eigenvalue weighted by atomic mass is 10.1. The van der Waals surface area contributed by atoms with Crippen molar-refractivity contribution in [2.75, 3.05) is 0 Å². The Morgan fingerprint density at radius 2 is 2.00 bits per heavy atom. The lowest BCUT2D eigenvalue weighted by Gasteiger charge is -2.17. The maximum absolute atomic E-state index is 6.05. The molecule has 3 rings (SSSR count). The van der Waals surface area contributed by atoms with Crippen LogP contribution in [0.2, 0.25) is 5.02 Å². The summed E-state index contributed by atoms with van der Waals surface area (Å²) in [5.41, 5.74) is 2.73. The molecule has 6 heteroatoms. The molecule has 3 aromatic rings. The van der Waals surface area contributed by atoms with Crippen molar-refractivity contribution in [3.05, 3.63) is 57.4 Å². The van der Waals surface area contributed by atoms with Crippen LogP contribution in [-0.2, 0) is 5.88 Å². The van der Waals surface area contributed by atoms with Crippen LogP contribution in [0.3, 0.4) is 0 Å². The maximum atomic E-state index is 6.05. The van der Waals surface area contributed by atoms with Gasteiger partial charge in [-0.1, -0.05) is 39.7 Å². The Morgan fingerprint density at radius 3 is 2.67 bits per heavy atom. The second kappa shape index (κ2) is 5.95. The van der Waals surface area contributed by atoms with Gasteiger partial charge in [0, 0.05) is 10.7 Å². The summed E-state index contributed by atoms with van der Waals surface area (Å²) in [6.07, 6.45) is 1.63. The first-order chi connectivity index (χ1) is 10.1. The molecular weight excluding hydrogens is 373 g/mol. The van der Waals surface area contributed by atoms with Crippen molar-refractivity contribution in [1.29, 1.82) is 0 Å². The topological polar surface area (TPSA) is 30.7 Å². The Bertz CT molecular complexity index is 783. The zero-order valence-corrected chi connectivity index (χ0v) is 14.3. The molecule has 1 unspecified atom stereocenters. The first-order valence-corrected chi connectivity index (χ1v) is 8.14. The quantitative estimate of drug-likeness (QED) is 0.581. The first kappa shape index (κ1) is 14.8. The van der Waals surface area contributed by atoms with Crippen molar-refractivity contribution in [2.45, 2.75) is 18.8 Å². The predicted octanol–water partition coefficient (Wildman–Crippen LogP) is 5.20. The van der Waals surface area contributed by atoms with Gasteiger partial charge in [0.25, 0.3) is 0 Å². The largest absolute Gasteiger partial charge is 0.304 e. The minimum atomic E-state index is 0.0884. The third-order valence-corrected chi connectivity index (χ3v) is 4.40. The van der Waals surface area contributed by atoms with Crippen molar-refractivity contribution < 1.29 is 0 Å². The highest BCUT2D eigenvalue weighted by atomic mass is 79.9. The number of aromatic nitrogens is 3. The van der Waals surface area contributed by atoms with Gasteiger partial charge in [-0.15, -0.1) is 11.6 Å². The highest BCUT2D eigenvalue weighted by molar-refractivity contribution is 9.10. The Hall–Kier alpha value is -1.10. The number of nitrogens with zero attached hydrogens (tertiary/aromatic N) is 3.